The van der Waals surface area contributed by atoms with Crippen molar-refractivity contribution < 1.29 is 0 Å². The maximum Gasteiger partial charge on any atom is 0.111 e. The van der Waals surface area contributed by atoms with E-state index in [2.05, 4.69) is 36.6 Å². The standard InChI is InChI=1S/C15H21ClN2/c1-3-12(4-2)11-18-14-8-6-5-7-13(14)17-15(18)9-10-16/h5-8,12H,3-4,9-11H2,1-2H3. The summed E-state index contributed by atoms with van der Waals surface area (Å²) in [6.45, 7) is 5.57. The van der Waals surface area contributed by atoms with Crippen molar-refractivity contribution in [3.63, 3.8) is 0 Å². The predicted molar refractivity (Wildman–Crippen MR) is 78.2 cm³/mol. The molecule has 18 heavy (non-hydrogen) atoms. The number of hydrogen-bond acceptors (Lipinski definition) is 1. The molecule has 0 saturated heterocycles. The summed E-state index contributed by atoms with van der Waals surface area (Å²) in [5.74, 6) is 2.47. The zero-order chi connectivity index (χ0) is 13.0. The zero-order valence-electron chi connectivity index (χ0n) is 11.2. The number of para-hydroxylation sites is 2. The number of benzene rings is 1. The van der Waals surface area contributed by atoms with Gasteiger partial charge >= 0.3 is 0 Å². The number of alkyl halides is 1. The van der Waals surface area contributed by atoms with Crippen LogP contribution < -0.4 is 0 Å². The summed E-state index contributed by atoms with van der Waals surface area (Å²) in [6, 6.07) is 8.36. The van der Waals surface area contributed by atoms with E-state index in [1.807, 2.05) is 6.07 Å². The number of fused-ring (bicyclic) bond motifs is 1. The van der Waals surface area contributed by atoms with E-state index in [1.54, 1.807) is 0 Å². The van der Waals surface area contributed by atoms with Gasteiger partial charge in [0.1, 0.15) is 5.82 Å². The van der Waals surface area contributed by atoms with Gasteiger partial charge in [-0.15, -0.1) is 11.6 Å². The molecular weight excluding hydrogens is 244 g/mol. The Labute approximate surface area is 114 Å². The zero-order valence-corrected chi connectivity index (χ0v) is 12.0. The van der Waals surface area contributed by atoms with Crippen LogP contribution in [0.2, 0.25) is 0 Å². The van der Waals surface area contributed by atoms with Gasteiger partial charge < -0.3 is 4.57 Å². The Morgan fingerprint density at radius 2 is 1.94 bits per heavy atom. The molecule has 0 aliphatic carbocycles. The fourth-order valence-corrected chi connectivity index (χ4v) is 2.58. The van der Waals surface area contributed by atoms with Gasteiger partial charge in [-0.3, -0.25) is 0 Å². The molecule has 0 radical (unpaired) electrons. The van der Waals surface area contributed by atoms with E-state index < -0.39 is 0 Å². The first kappa shape index (κ1) is 13.4. The fraction of sp³-hybridized carbons (Fsp3) is 0.533. The van der Waals surface area contributed by atoms with Gasteiger partial charge in [0.15, 0.2) is 0 Å². The predicted octanol–water partition coefficient (Wildman–Crippen LogP) is 4.25. The Hall–Kier alpha value is -1.02. The Morgan fingerprint density at radius 3 is 2.61 bits per heavy atom. The molecular formula is C15H21ClN2. The minimum atomic E-state index is 0.631. The van der Waals surface area contributed by atoms with Crippen LogP contribution in [0.25, 0.3) is 11.0 Å². The maximum absolute atomic E-state index is 5.89. The van der Waals surface area contributed by atoms with Gasteiger partial charge in [-0.1, -0.05) is 38.8 Å². The van der Waals surface area contributed by atoms with Crippen LogP contribution in [0.15, 0.2) is 24.3 Å². The number of rotatable bonds is 6. The molecule has 1 aromatic carbocycles. The number of nitrogens with zero attached hydrogens (tertiary/aromatic N) is 2. The first-order chi connectivity index (χ1) is 8.80. The summed E-state index contributed by atoms with van der Waals surface area (Å²) < 4.78 is 2.36. The van der Waals surface area contributed by atoms with Gasteiger partial charge in [0.05, 0.1) is 11.0 Å². The van der Waals surface area contributed by atoms with Crippen LogP contribution >= 0.6 is 11.6 Å². The maximum atomic E-state index is 5.89. The Kier molecular flexibility index (Phi) is 4.65. The highest BCUT2D eigenvalue weighted by molar-refractivity contribution is 6.17. The van der Waals surface area contributed by atoms with Crippen molar-refractivity contribution in [1.82, 2.24) is 9.55 Å². The first-order valence-electron chi connectivity index (χ1n) is 6.80. The highest BCUT2D eigenvalue weighted by Gasteiger charge is 2.13. The van der Waals surface area contributed by atoms with E-state index in [9.17, 15) is 0 Å². The highest BCUT2D eigenvalue weighted by Crippen LogP contribution is 2.20. The summed E-state index contributed by atoms with van der Waals surface area (Å²) in [5.41, 5.74) is 2.33. The second kappa shape index (κ2) is 6.24. The van der Waals surface area contributed by atoms with Crippen molar-refractivity contribution in [3.05, 3.63) is 30.1 Å². The fourth-order valence-electron chi connectivity index (χ4n) is 2.41. The molecule has 0 spiro atoms. The molecule has 1 heterocycles. The third kappa shape index (κ3) is 2.69. The van der Waals surface area contributed by atoms with Crippen molar-refractivity contribution in [1.29, 1.82) is 0 Å². The minimum Gasteiger partial charge on any atom is -0.328 e. The highest BCUT2D eigenvalue weighted by atomic mass is 35.5. The van der Waals surface area contributed by atoms with Crippen LogP contribution in [0.3, 0.4) is 0 Å². The SMILES string of the molecule is CCC(CC)Cn1c(CCCl)nc2ccccc21. The molecule has 0 fully saturated rings. The third-order valence-electron chi connectivity index (χ3n) is 3.65. The van der Waals surface area contributed by atoms with Crippen LogP contribution in [0, 0.1) is 5.92 Å². The monoisotopic (exact) mass is 264 g/mol. The molecule has 0 atom stereocenters. The second-order valence-corrected chi connectivity index (χ2v) is 5.13. The lowest BCUT2D eigenvalue weighted by molar-refractivity contribution is 0.417. The van der Waals surface area contributed by atoms with E-state index in [0.29, 0.717) is 5.88 Å². The van der Waals surface area contributed by atoms with Crippen LogP contribution in [-0.2, 0) is 13.0 Å². The molecule has 2 rings (SSSR count). The van der Waals surface area contributed by atoms with Gasteiger partial charge in [-0.25, -0.2) is 4.98 Å². The minimum absolute atomic E-state index is 0.631. The molecule has 0 aliphatic heterocycles. The largest absolute Gasteiger partial charge is 0.328 e. The third-order valence-corrected chi connectivity index (χ3v) is 3.84. The summed E-state index contributed by atoms with van der Waals surface area (Å²) in [4.78, 5) is 4.70. The van der Waals surface area contributed by atoms with E-state index in [1.165, 1.54) is 18.4 Å². The van der Waals surface area contributed by atoms with Crippen molar-refractivity contribution in [2.75, 3.05) is 5.88 Å². The number of aryl methyl sites for hydroxylation is 1. The Balaban J connectivity index is 2.41. The van der Waals surface area contributed by atoms with E-state index in [-0.39, 0.29) is 0 Å². The molecule has 98 valence electrons. The van der Waals surface area contributed by atoms with Crippen LogP contribution in [0.1, 0.15) is 32.5 Å². The van der Waals surface area contributed by atoms with E-state index in [0.717, 1.165) is 30.2 Å². The first-order valence-corrected chi connectivity index (χ1v) is 7.33. The average molecular weight is 265 g/mol. The quantitative estimate of drug-likeness (QED) is 0.713. The molecule has 0 aliphatic rings. The molecule has 3 heteroatoms. The molecule has 0 bridgehead atoms. The van der Waals surface area contributed by atoms with Gasteiger partial charge in [0.2, 0.25) is 0 Å². The Bertz CT molecular complexity index is 500. The van der Waals surface area contributed by atoms with Crippen LogP contribution in [-0.4, -0.2) is 15.4 Å². The van der Waals surface area contributed by atoms with Gasteiger partial charge in [-0.2, -0.15) is 0 Å². The van der Waals surface area contributed by atoms with Crippen molar-refractivity contribution in [3.8, 4) is 0 Å². The molecule has 1 aromatic heterocycles. The summed E-state index contributed by atoms with van der Waals surface area (Å²) in [6.07, 6.45) is 3.27. The number of halogens is 1. The van der Waals surface area contributed by atoms with Gasteiger partial charge in [-0.05, 0) is 18.1 Å². The molecule has 0 saturated carbocycles. The lowest BCUT2D eigenvalue weighted by Gasteiger charge is -2.16. The van der Waals surface area contributed by atoms with Gasteiger partial charge in [0.25, 0.3) is 0 Å². The van der Waals surface area contributed by atoms with Crippen LogP contribution in [0.5, 0.6) is 0 Å². The number of imidazole rings is 1. The normalized spacial score (nSPS) is 11.6. The van der Waals surface area contributed by atoms with Crippen molar-refractivity contribution in [2.24, 2.45) is 5.92 Å². The molecule has 2 nitrogen and oxygen atoms in total. The number of hydrogen-bond donors (Lipinski definition) is 0. The molecule has 0 amide bonds. The van der Waals surface area contributed by atoms with Crippen LogP contribution in [0.4, 0.5) is 0 Å². The van der Waals surface area contributed by atoms with Crippen molar-refractivity contribution in [2.45, 2.75) is 39.7 Å². The number of aromatic nitrogens is 2. The molecule has 0 N–H and O–H groups in total. The summed E-state index contributed by atoms with van der Waals surface area (Å²) >= 11 is 5.89. The molecule has 0 unspecified atom stereocenters. The van der Waals surface area contributed by atoms with E-state index in [4.69, 9.17) is 16.6 Å². The molecule has 2 aromatic rings. The average Bonchev–Trinajstić information content (AvgIpc) is 2.74. The topological polar surface area (TPSA) is 17.8 Å². The Morgan fingerprint density at radius 1 is 1.22 bits per heavy atom. The smallest absolute Gasteiger partial charge is 0.111 e. The summed E-state index contributed by atoms with van der Waals surface area (Å²) in [7, 11) is 0. The lowest BCUT2D eigenvalue weighted by Crippen LogP contribution is -2.12. The second-order valence-electron chi connectivity index (χ2n) is 4.75. The van der Waals surface area contributed by atoms with Crippen molar-refractivity contribution >= 4 is 22.6 Å². The summed E-state index contributed by atoms with van der Waals surface area (Å²) in [5, 5.41) is 0. The van der Waals surface area contributed by atoms with Gasteiger partial charge in [0, 0.05) is 18.8 Å². The lowest BCUT2D eigenvalue weighted by atomic mass is 10.0. The van der Waals surface area contributed by atoms with E-state index >= 15 is 0 Å².